The van der Waals surface area contributed by atoms with E-state index in [0.717, 1.165) is 28.1 Å². The van der Waals surface area contributed by atoms with Gasteiger partial charge in [-0.05, 0) is 53.4 Å². The zero-order chi connectivity index (χ0) is 27.4. The molecule has 0 unspecified atom stereocenters. The predicted molar refractivity (Wildman–Crippen MR) is 165 cm³/mol. The van der Waals surface area contributed by atoms with Crippen molar-refractivity contribution in [3.05, 3.63) is 114 Å². The molecule has 41 heavy (non-hydrogen) atoms. The maximum atomic E-state index is 14.1. The van der Waals surface area contributed by atoms with Crippen LogP contribution in [0.25, 0.3) is 22.4 Å². The third-order valence-corrected chi connectivity index (χ3v) is 6.90. The fourth-order valence-corrected chi connectivity index (χ4v) is 5.23. The predicted octanol–water partition coefficient (Wildman–Crippen LogP) is 8.87. The molecular formula is C35H39FN2O3. The van der Waals surface area contributed by atoms with Crippen molar-refractivity contribution in [1.82, 2.24) is 4.57 Å². The molecule has 1 aromatic heterocycles. The molecule has 5 nitrogen and oxygen atoms in total. The average Bonchev–Trinajstić information content (AvgIpc) is 3.29. The summed E-state index contributed by atoms with van der Waals surface area (Å²) >= 11 is 0. The second-order valence-electron chi connectivity index (χ2n) is 9.97. The number of esters is 1. The van der Waals surface area contributed by atoms with Crippen LogP contribution in [-0.4, -0.2) is 22.5 Å². The molecule has 5 rings (SSSR count). The van der Waals surface area contributed by atoms with Gasteiger partial charge in [0.2, 0.25) is 0 Å². The normalized spacial score (nSPS) is 14.1. The van der Waals surface area contributed by atoms with E-state index >= 15 is 0 Å². The van der Waals surface area contributed by atoms with Crippen molar-refractivity contribution in [1.29, 1.82) is 0 Å². The summed E-state index contributed by atoms with van der Waals surface area (Å²) in [5.41, 5.74) is 5.48. The zero-order valence-electron chi connectivity index (χ0n) is 22.1. The number of hydrogen-bond acceptors (Lipinski definition) is 3. The van der Waals surface area contributed by atoms with Crippen LogP contribution in [0.2, 0.25) is 0 Å². The fourth-order valence-electron chi connectivity index (χ4n) is 5.23. The number of hydrogen-bond donors (Lipinski definition) is 1. The molecule has 1 aliphatic heterocycles. The van der Waals surface area contributed by atoms with Gasteiger partial charge in [-0.2, -0.15) is 0 Å². The van der Waals surface area contributed by atoms with E-state index in [4.69, 9.17) is 4.74 Å². The van der Waals surface area contributed by atoms with E-state index in [0.29, 0.717) is 30.6 Å². The van der Waals surface area contributed by atoms with Crippen LogP contribution in [0.4, 0.5) is 10.1 Å². The number of nitrogens with zero attached hydrogens (tertiary/aromatic N) is 1. The first-order chi connectivity index (χ1) is 18.9. The van der Waals surface area contributed by atoms with Gasteiger partial charge in [-0.25, -0.2) is 9.18 Å². The lowest BCUT2D eigenvalue weighted by Gasteiger charge is -2.22. The van der Waals surface area contributed by atoms with Crippen LogP contribution >= 0.6 is 0 Å². The van der Waals surface area contributed by atoms with Crippen LogP contribution in [-0.2, 0) is 16.1 Å². The molecule has 0 spiro atoms. The van der Waals surface area contributed by atoms with Crippen LogP contribution in [0.1, 0.15) is 63.5 Å². The number of amides is 1. The van der Waals surface area contributed by atoms with Gasteiger partial charge in [-0.15, -0.1) is 0 Å². The van der Waals surface area contributed by atoms with Crippen LogP contribution in [0.3, 0.4) is 0 Å². The number of para-hydroxylation sites is 1. The molecular weight excluding hydrogens is 515 g/mol. The maximum absolute atomic E-state index is 14.1. The minimum Gasteiger partial charge on any atom is -0.459 e. The minimum absolute atomic E-state index is 0. The molecule has 2 heterocycles. The topological polar surface area (TPSA) is 60.3 Å². The molecule has 4 aromatic rings. The molecule has 1 aliphatic rings. The van der Waals surface area contributed by atoms with E-state index in [1.54, 1.807) is 12.1 Å². The van der Waals surface area contributed by atoms with Gasteiger partial charge in [-0.1, -0.05) is 83.3 Å². The van der Waals surface area contributed by atoms with Crippen molar-refractivity contribution in [2.45, 2.75) is 60.1 Å². The third-order valence-electron chi connectivity index (χ3n) is 6.90. The highest BCUT2D eigenvalue weighted by Crippen LogP contribution is 2.42. The van der Waals surface area contributed by atoms with Crippen molar-refractivity contribution < 1.29 is 18.7 Å². The summed E-state index contributed by atoms with van der Waals surface area (Å²) in [4.78, 5) is 26.0. The van der Waals surface area contributed by atoms with E-state index in [1.807, 2.05) is 66.7 Å². The number of carbonyl (C=O) groups is 2. The number of benzene rings is 3. The highest BCUT2D eigenvalue weighted by molar-refractivity contribution is 6.12. The Balaban J connectivity index is 0.00000231. The van der Waals surface area contributed by atoms with Crippen molar-refractivity contribution in [2.75, 3.05) is 5.32 Å². The van der Waals surface area contributed by atoms with Crippen LogP contribution in [0.15, 0.2) is 97.1 Å². The first-order valence-corrected chi connectivity index (χ1v) is 13.2. The lowest BCUT2D eigenvalue weighted by Crippen LogP contribution is -2.22. The smallest absolute Gasteiger partial charge is 0.330 e. The van der Waals surface area contributed by atoms with E-state index in [1.165, 1.54) is 18.2 Å². The first kappa shape index (κ1) is 31.1. The second-order valence-corrected chi connectivity index (χ2v) is 9.97. The van der Waals surface area contributed by atoms with Gasteiger partial charge in [-0.3, -0.25) is 4.79 Å². The minimum atomic E-state index is -0.338. The van der Waals surface area contributed by atoms with Crippen molar-refractivity contribution in [3.8, 4) is 22.4 Å². The molecule has 214 valence electrons. The van der Waals surface area contributed by atoms with Gasteiger partial charge in [0.1, 0.15) is 11.9 Å². The van der Waals surface area contributed by atoms with Crippen molar-refractivity contribution in [3.63, 3.8) is 0 Å². The van der Waals surface area contributed by atoms with E-state index < -0.39 is 0 Å². The fraction of sp³-hybridized carbons (Fsp3) is 0.257. The van der Waals surface area contributed by atoms with Crippen LogP contribution in [0, 0.1) is 5.82 Å². The number of rotatable bonds is 8. The number of cyclic esters (lactones) is 1. The monoisotopic (exact) mass is 554 g/mol. The average molecular weight is 555 g/mol. The maximum Gasteiger partial charge on any atom is 0.330 e. The van der Waals surface area contributed by atoms with Gasteiger partial charge in [0.05, 0.1) is 11.3 Å². The summed E-state index contributed by atoms with van der Waals surface area (Å²) in [6.07, 6.45) is 4.25. The molecule has 0 fully saturated rings. The number of aromatic nitrogens is 1. The molecule has 0 saturated heterocycles. The quantitative estimate of drug-likeness (QED) is 0.221. The van der Waals surface area contributed by atoms with Crippen LogP contribution in [0.5, 0.6) is 0 Å². The standard InChI is InChI=1S/C33H31FN2O3.2CH4/c1-22(2)31-30(33(38)35-26-12-7-4-8-13-26)29(23-10-5-3-6-11-23)32(24-16-18-25(34)19-17-24)36(31)21-20-27-14-9-15-28(37)39-27;;/h3-13,15-19,22,27H,14,20-21H2,1-2H3,(H,35,38);2*1H4/t27-;;/m0../s1. The molecule has 0 radical (unpaired) electrons. The molecule has 0 saturated carbocycles. The Morgan fingerprint density at radius 3 is 2.20 bits per heavy atom. The van der Waals surface area contributed by atoms with Gasteiger partial charge < -0.3 is 14.6 Å². The Labute approximate surface area is 242 Å². The van der Waals surface area contributed by atoms with Crippen molar-refractivity contribution >= 4 is 17.6 Å². The Morgan fingerprint density at radius 1 is 0.951 bits per heavy atom. The SMILES string of the molecule is C.C.CC(C)c1c(C(=O)Nc2ccccc2)c(-c2ccccc2)c(-c2ccc(F)cc2)n1CC[C@@H]1CC=CC(=O)O1. The zero-order valence-corrected chi connectivity index (χ0v) is 22.1. The summed E-state index contributed by atoms with van der Waals surface area (Å²) in [6.45, 7) is 4.65. The lowest BCUT2D eigenvalue weighted by atomic mass is 9.94. The lowest BCUT2D eigenvalue weighted by molar-refractivity contribution is -0.144. The third kappa shape index (κ3) is 6.83. The highest BCUT2D eigenvalue weighted by Gasteiger charge is 2.31. The Morgan fingerprint density at radius 2 is 1.59 bits per heavy atom. The molecule has 0 bridgehead atoms. The van der Waals surface area contributed by atoms with Crippen molar-refractivity contribution in [2.24, 2.45) is 0 Å². The summed E-state index contributed by atoms with van der Waals surface area (Å²) in [5.74, 6) is -0.885. The molecule has 0 aliphatic carbocycles. The number of halogens is 1. The van der Waals surface area contributed by atoms with E-state index in [9.17, 15) is 14.0 Å². The largest absolute Gasteiger partial charge is 0.459 e. The van der Waals surface area contributed by atoms with Gasteiger partial charge in [0.15, 0.2) is 0 Å². The van der Waals surface area contributed by atoms with E-state index in [-0.39, 0.29) is 44.6 Å². The second kappa shape index (κ2) is 13.8. The number of nitrogens with one attached hydrogen (secondary N) is 1. The number of ether oxygens (including phenoxy) is 1. The summed E-state index contributed by atoms with van der Waals surface area (Å²) in [5, 5.41) is 3.09. The molecule has 6 heteroatoms. The number of carbonyl (C=O) groups excluding carboxylic acids is 2. The molecule has 1 N–H and O–H groups in total. The van der Waals surface area contributed by atoms with Gasteiger partial charge in [0.25, 0.3) is 5.91 Å². The Kier molecular flexibility index (Phi) is 10.4. The summed E-state index contributed by atoms with van der Waals surface area (Å²) in [7, 11) is 0. The van der Waals surface area contributed by atoms with Gasteiger partial charge >= 0.3 is 5.97 Å². The van der Waals surface area contributed by atoms with Crippen LogP contribution < -0.4 is 5.32 Å². The molecule has 3 aromatic carbocycles. The van der Waals surface area contributed by atoms with E-state index in [2.05, 4.69) is 23.7 Å². The first-order valence-electron chi connectivity index (χ1n) is 13.2. The van der Waals surface area contributed by atoms with Gasteiger partial charge in [0, 0.05) is 42.4 Å². The Bertz CT molecular complexity index is 1490. The summed E-state index contributed by atoms with van der Waals surface area (Å²) in [6, 6.07) is 25.6. The summed E-state index contributed by atoms with van der Waals surface area (Å²) < 4.78 is 21.7. The molecule has 1 amide bonds. The number of anilines is 1. The Hall–Kier alpha value is -4.45. The molecule has 1 atom stereocenters. The highest BCUT2D eigenvalue weighted by atomic mass is 19.1.